The van der Waals surface area contributed by atoms with Crippen LogP contribution in [0.25, 0.3) is 0 Å². The number of piperidine rings is 1. The molecule has 342 valence electrons. The van der Waals surface area contributed by atoms with Gasteiger partial charge in [0.1, 0.15) is 17.9 Å². The SMILES string of the molecule is C=C(CC12CC(C)CC(O1)C1OC3(CC1O2)NCC(C)CC3C)C1OC(O)(C(O)C2CC3OC4(CCC5(C=C(C)CC(C=CC(O)CC(=O)O)O5)O4)C(C)CC3O2)CCC1C. The molecule has 0 aromatic carbocycles. The summed E-state index contributed by atoms with van der Waals surface area (Å²) >= 11 is 0. The molecule has 61 heavy (non-hydrogen) atoms. The number of carboxylic acids is 1. The van der Waals surface area contributed by atoms with Crippen LogP contribution >= 0.6 is 0 Å². The molecule has 20 unspecified atom stereocenters. The average Bonchev–Trinajstić information content (AvgIpc) is 3.86. The van der Waals surface area contributed by atoms with Crippen LogP contribution in [0.1, 0.15) is 125 Å². The molecule has 9 rings (SSSR count). The van der Waals surface area contributed by atoms with Gasteiger partial charge in [0.25, 0.3) is 0 Å². The molecule has 0 aromatic heterocycles. The summed E-state index contributed by atoms with van der Waals surface area (Å²) in [5.41, 5.74) is 1.44. The van der Waals surface area contributed by atoms with Gasteiger partial charge in [-0.2, -0.15) is 0 Å². The predicted molar refractivity (Wildman–Crippen MR) is 220 cm³/mol. The summed E-state index contributed by atoms with van der Waals surface area (Å²) in [7, 11) is 0. The van der Waals surface area contributed by atoms with Gasteiger partial charge in [-0.25, -0.2) is 0 Å². The van der Waals surface area contributed by atoms with Gasteiger partial charge in [0.15, 0.2) is 23.1 Å². The maximum absolute atomic E-state index is 12.2. The maximum Gasteiger partial charge on any atom is 0.306 e. The minimum Gasteiger partial charge on any atom is -0.481 e. The number of aliphatic hydroxyl groups is 3. The average molecular weight is 858 g/mol. The summed E-state index contributed by atoms with van der Waals surface area (Å²) in [6.07, 6.45) is 7.26. The van der Waals surface area contributed by atoms with Crippen LogP contribution in [0.15, 0.2) is 36.0 Å². The monoisotopic (exact) mass is 857 g/mol. The molecule has 0 radical (unpaired) electrons. The molecule has 2 bridgehead atoms. The second kappa shape index (κ2) is 16.3. The molecule has 0 saturated carbocycles. The summed E-state index contributed by atoms with van der Waals surface area (Å²) in [5.74, 6) is -4.48. The van der Waals surface area contributed by atoms with Gasteiger partial charge in [0, 0.05) is 57.4 Å². The molecule has 3 spiro atoms. The fourth-order valence-electron chi connectivity index (χ4n) is 12.8. The minimum atomic E-state index is -1.86. The first kappa shape index (κ1) is 44.4. The number of hydrogen-bond donors (Lipinski definition) is 5. The lowest BCUT2D eigenvalue weighted by atomic mass is 9.79. The highest BCUT2D eigenvalue weighted by molar-refractivity contribution is 5.67. The molecule has 9 heterocycles. The predicted octanol–water partition coefficient (Wildman–Crippen LogP) is 5.37. The van der Waals surface area contributed by atoms with Crippen LogP contribution < -0.4 is 5.32 Å². The molecule has 9 aliphatic rings. The van der Waals surface area contributed by atoms with Gasteiger partial charge in [-0.05, 0) is 74.3 Å². The summed E-state index contributed by atoms with van der Waals surface area (Å²) < 4.78 is 53.9. The van der Waals surface area contributed by atoms with E-state index in [0.29, 0.717) is 62.7 Å². The van der Waals surface area contributed by atoms with Gasteiger partial charge >= 0.3 is 5.97 Å². The maximum atomic E-state index is 12.2. The molecule has 8 saturated heterocycles. The summed E-state index contributed by atoms with van der Waals surface area (Å²) in [5, 5.41) is 47.1. The van der Waals surface area contributed by atoms with E-state index in [0.717, 1.165) is 43.4 Å². The third-order valence-corrected chi connectivity index (χ3v) is 15.8. The van der Waals surface area contributed by atoms with Gasteiger partial charge < -0.3 is 58.3 Å². The van der Waals surface area contributed by atoms with E-state index in [1.807, 2.05) is 13.0 Å². The van der Waals surface area contributed by atoms with E-state index in [1.165, 1.54) is 6.08 Å². The molecular weight excluding hydrogens is 787 g/mol. The number of nitrogens with one attached hydrogen (secondary N) is 1. The Bertz CT molecular complexity index is 1740. The summed E-state index contributed by atoms with van der Waals surface area (Å²) in [6, 6.07) is 0. The third kappa shape index (κ3) is 8.37. The number of fused-ring (bicyclic) bond motifs is 5. The standard InChI is InChI=1S/C47H71NO13/c1-25-15-33(9-8-32(49)18-39(50)51)55-43(20-25)12-13-47(61-43)31(7)17-34-35(58-47)19-37(54-34)42(52)46(53)11-10-28(4)40(60-46)29(5)22-44-21-26(2)16-36(56-44)41-38(57-44)23-45(59-41)30(6)14-27(3)24-48-45/h8-9,20,26-28,30-38,40-42,48-49,52-53H,5,10-19,21-24H2,1-4,6-7H3,(H,50,51). The van der Waals surface area contributed by atoms with Crippen molar-refractivity contribution in [1.82, 2.24) is 5.32 Å². The molecule has 0 aliphatic carbocycles. The lowest BCUT2D eigenvalue weighted by Gasteiger charge is -2.52. The number of carboxylic acid groups (broad SMARTS) is 1. The van der Waals surface area contributed by atoms with Gasteiger partial charge in [-0.1, -0.05) is 58.9 Å². The topological polar surface area (TPSA) is 184 Å². The zero-order chi connectivity index (χ0) is 43.3. The molecule has 8 fully saturated rings. The fourth-order valence-corrected chi connectivity index (χ4v) is 12.8. The smallest absolute Gasteiger partial charge is 0.306 e. The fraction of sp³-hybridized carbons (Fsp3) is 0.851. The number of aliphatic carboxylic acids is 1. The Hall–Kier alpha value is -1.79. The van der Waals surface area contributed by atoms with Crippen LogP contribution in [0.4, 0.5) is 0 Å². The summed E-state index contributed by atoms with van der Waals surface area (Å²) in [6.45, 7) is 18.5. The lowest BCUT2D eigenvalue weighted by molar-refractivity contribution is -0.366. The van der Waals surface area contributed by atoms with E-state index in [4.69, 9.17) is 43.0 Å². The lowest BCUT2D eigenvalue weighted by Crippen LogP contribution is -2.60. The normalized spacial score (nSPS) is 51.7. The van der Waals surface area contributed by atoms with Crippen LogP contribution in [0.3, 0.4) is 0 Å². The van der Waals surface area contributed by atoms with Gasteiger partial charge in [-0.15, -0.1) is 0 Å². The number of hydrogen-bond acceptors (Lipinski definition) is 13. The van der Waals surface area contributed by atoms with E-state index in [-0.39, 0.29) is 55.2 Å². The number of ether oxygens (including phenoxy) is 8. The second-order valence-corrected chi connectivity index (χ2v) is 21.1. The van der Waals surface area contributed by atoms with Crippen molar-refractivity contribution in [3.05, 3.63) is 36.0 Å². The first-order chi connectivity index (χ1) is 28.8. The molecular formula is C47H71NO13. The quantitative estimate of drug-likeness (QED) is 0.187. The molecule has 20 atom stereocenters. The van der Waals surface area contributed by atoms with Crippen molar-refractivity contribution < 1.29 is 63.1 Å². The number of rotatable bonds is 9. The van der Waals surface area contributed by atoms with Crippen molar-refractivity contribution in [2.75, 3.05) is 6.54 Å². The molecule has 9 aliphatic heterocycles. The largest absolute Gasteiger partial charge is 0.481 e. The highest BCUT2D eigenvalue weighted by Crippen LogP contribution is 2.55. The molecule has 5 N–H and O–H groups in total. The Labute approximate surface area is 360 Å². The highest BCUT2D eigenvalue weighted by Gasteiger charge is 2.64. The van der Waals surface area contributed by atoms with Gasteiger partial charge in [-0.3, -0.25) is 10.1 Å². The van der Waals surface area contributed by atoms with Crippen molar-refractivity contribution in [2.45, 2.75) is 215 Å². The highest BCUT2D eigenvalue weighted by atomic mass is 16.8. The van der Waals surface area contributed by atoms with E-state index in [1.54, 1.807) is 6.08 Å². The Balaban J connectivity index is 0.838. The second-order valence-electron chi connectivity index (χ2n) is 21.1. The van der Waals surface area contributed by atoms with Gasteiger partial charge in [0.05, 0.1) is 55.3 Å². The first-order valence-corrected chi connectivity index (χ1v) is 23.3. The van der Waals surface area contributed by atoms with E-state index in [2.05, 4.69) is 46.5 Å². The zero-order valence-corrected chi connectivity index (χ0v) is 37.0. The van der Waals surface area contributed by atoms with Crippen molar-refractivity contribution in [3.8, 4) is 0 Å². The van der Waals surface area contributed by atoms with E-state index >= 15 is 0 Å². The molecule has 14 nitrogen and oxygen atoms in total. The zero-order valence-electron chi connectivity index (χ0n) is 37.0. The minimum absolute atomic E-state index is 0.0458. The Morgan fingerprint density at radius 2 is 1.69 bits per heavy atom. The van der Waals surface area contributed by atoms with Crippen LogP contribution in [0.5, 0.6) is 0 Å². The van der Waals surface area contributed by atoms with Crippen molar-refractivity contribution >= 4 is 5.97 Å². The van der Waals surface area contributed by atoms with Crippen molar-refractivity contribution in [2.24, 2.45) is 29.6 Å². The van der Waals surface area contributed by atoms with Crippen LogP contribution in [0.2, 0.25) is 0 Å². The van der Waals surface area contributed by atoms with Crippen LogP contribution in [-0.2, 0) is 42.7 Å². The van der Waals surface area contributed by atoms with E-state index in [9.17, 15) is 20.1 Å². The summed E-state index contributed by atoms with van der Waals surface area (Å²) in [4.78, 5) is 11.0. The van der Waals surface area contributed by atoms with Crippen LogP contribution in [-0.4, -0.2) is 123 Å². The molecule has 0 amide bonds. The number of carbonyl (C=O) groups is 1. The Morgan fingerprint density at radius 1 is 0.902 bits per heavy atom. The van der Waals surface area contributed by atoms with Gasteiger partial charge in [0.2, 0.25) is 0 Å². The first-order valence-electron chi connectivity index (χ1n) is 23.3. The van der Waals surface area contributed by atoms with E-state index < -0.39 is 65.4 Å². The van der Waals surface area contributed by atoms with Crippen LogP contribution in [0, 0.1) is 29.6 Å². The van der Waals surface area contributed by atoms with Crippen molar-refractivity contribution in [1.29, 1.82) is 0 Å². The van der Waals surface area contributed by atoms with Crippen molar-refractivity contribution in [3.63, 3.8) is 0 Å². The molecule has 0 aromatic rings. The Morgan fingerprint density at radius 3 is 2.46 bits per heavy atom. The Kier molecular flexibility index (Phi) is 11.8. The third-order valence-electron chi connectivity index (χ3n) is 15.8. The molecule has 14 heteroatoms. The number of aliphatic hydroxyl groups excluding tert-OH is 2.